The highest BCUT2D eigenvalue weighted by Gasteiger charge is 2.20. The van der Waals surface area contributed by atoms with E-state index >= 15 is 0 Å². The third kappa shape index (κ3) is 4.17. The molecule has 4 nitrogen and oxygen atoms in total. The van der Waals surface area contributed by atoms with Gasteiger partial charge in [0.2, 0.25) is 5.91 Å². The number of carbonyl (C=O) groups is 1. The van der Waals surface area contributed by atoms with E-state index in [2.05, 4.69) is 22.3 Å². The van der Waals surface area contributed by atoms with Crippen molar-refractivity contribution in [3.8, 4) is 0 Å². The lowest BCUT2D eigenvalue weighted by Gasteiger charge is -2.36. The number of nitrogens with one attached hydrogen (secondary N) is 1. The Kier molecular flexibility index (Phi) is 5.03. The van der Waals surface area contributed by atoms with E-state index in [-0.39, 0.29) is 5.91 Å². The first kappa shape index (κ1) is 15.7. The zero-order valence-corrected chi connectivity index (χ0v) is 13.7. The van der Waals surface area contributed by atoms with Crippen LogP contribution in [-0.4, -0.2) is 43.5 Å². The summed E-state index contributed by atoms with van der Waals surface area (Å²) < 4.78 is 0. The molecule has 2 aromatic carbocycles. The van der Waals surface area contributed by atoms with E-state index in [9.17, 15) is 4.79 Å². The van der Waals surface area contributed by atoms with Gasteiger partial charge in [-0.2, -0.15) is 0 Å². The van der Waals surface area contributed by atoms with E-state index in [4.69, 9.17) is 11.6 Å². The summed E-state index contributed by atoms with van der Waals surface area (Å²) in [6.07, 6.45) is 0. The molecule has 1 N–H and O–H groups in total. The van der Waals surface area contributed by atoms with Gasteiger partial charge in [0.05, 0.1) is 6.54 Å². The molecule has 0 aromatic heterocycles. The Balaban J connectivity index is 1.47. The summed E-state index contributed by atoms with van der Waals surface area (Å²) in [7, 11) is 0. The summed E-state index contributed by atoms with van der Waals surface area (Å²) in [6, 6.07) is 17.7. The average Bonchev–Trinajstić information content (AvgIpc) is 2.62. The average molecular weight is 330 g/mol. The Morgan fingerprint density at radius 2 is 1.61 bits per heavy atom. The van der Waals surface area contributed by atoms with Gasteiger partial charge in [-0.05, 0) is 36.4 Å². The van der Waals surface area contributed by atoms with Crippen LogP contribution in [0.1, 0.15) is 0 Å². The zero-order chi connectivity index (χ0) is 16.1. The minimum Gasteiger partial charge on any atom is -0.376 e. The van der Waals surface area contributed by atoms with Gasteiger partial charge in [0.1, 0.15) is 0 Å². The molecule has 1 amide bonds. The van der Waals surface area contributed by atoms with E-state index in [1.807, 2.05) is 47.4 Å². The highest BCUT2D eigenvalue weighted by atomic mass is 35.5. The number of rotatable bonds is 4. The van der Waals surface area contributed by atoms with Crippen LogP contribution in [-0.2, 0) is 4.79 Å². The molecule has 0 saturated carbocycles. The van der Waals surface area contributed by atoms with Gasteiger partial charge in [-0.1, -0.05) is 29.8 Å². The molecule has 0 bridgehead atoms. The number of benzene rings is 2. The Hall–Kier alpha value is -2.20. The van der Waals surface area contributed by atoms with Gasteiger partial charge in [0.15, 0.2) is 0 Å². The van der Waals surface area contributed by atoms with Crippen LogP contribution in [0.5, 0.6) is 0 Å². The van der Waals surface area contributed by atoms with Crippen LogP contribution in [0.4, 0.5) is 11.4 Å². The van der Waals surface area contributed by atoms with Crippen molar-refractivity contribution in [1.29, 1.82) is 0 Å². The van der Waals surface area contributed by atoms with Crippen molar-refractivity contribution in [2.75, 3.05) is 42.9 Å². The molecule has 120 valence electrons. The van der Waals surface area contributed by atoms with Gasteiger partial charge >= 0.3 is 0 Å². The predicted molar refractivity (Wildman–Crippen MR) is 95.2 cm³/mol. The summed E-state index contributed by atoms with van der Waals surface area (Å²) in [5, 5.41) is 3.84. The topological polar surface area (TPSA) is 35.6 Å². The van der Waals surface area contributed by atoms with Crippen molar-refractivity contribution < 1.29 is 4.79 Å². The van der Waals surface area contributed by atoms with Crippen LogP contribution in [0.3, 0.4) is 0 Å². The molecule has 1 aliphatic rings. The molecule has 0 radical (unpaired) electrons. The maximum atomic E-state index is 12.3. The fourth-order valence-electron chi connectivity index (χ4n) is 2.71. The third-order valence-electron chi connectivity index (χ3n) is 4.04. The monoisotopic (exact) mass is 329 g/mol. The maximum Gasteiger partial charge on any atom is 0.241 e. The first-order valence-electron chi connectivity index (χ1n) is 7.79. The molecule has 1 fully saturated rings. The van der Waals surface area contributed by atoms with E-state index in [1.165, 1.54) is 5.69 Å². The Morgan fingerprint density at radius 1 is 0.957 bits per heavy atom. The molecular formula is C18H20ClN3O. The molecule has 1 heterocycles. The number of hydrogen-bond donors (Lipinski definition) is 1. The van der Waals surface area contributed by atoms with Crippen LogP contribution in [0.15, 0.2) is 54.6 Å². The molecule has 23 heavy (non-hydrogen) atoms. The van der Waals surface area contributed by atoms with Gasteiger partial charge in [-0.3, -0.25) is 4.79 Å². The predicted octanol–water partition coefficient (Wildman–Crippen LogP) is 3.10. The molecule has 1 aliphatic heterocycles. The SMILES string of the molecule is O=C(CNc1ccc(Cl)cc1)N1CCN(c2ccccc2)CC1. The van der Waals surface area contributed by atoms with Crippen molar-refractivity contribution in [1.82, 2.24) is 4.90 Å². The summed E-state index contributed by atoms with van der Waals surface area (Å²) in [6.45, 7) is 3.58. The fourth-order valence-corrected chi connectivity index (χ4v) is 2.84. The Bertz CT molecular complexity index is 637. The number of anilines is 2. The summed E-state index contributed by atoms with van der Waals surface area (Å²) in [5.41, 5.74) is 2.13. The first-order chi connectivity index (χ1) is 11.2. The lowest BCUT2D eigenvalue weighted by molar-refractivity contribution is -0.129. The second-order valence-corrected chi connectivity index (χ2v) is 6.00. The molecule has 0 spiro atoms. The first-order valence-corrected chi connectivity index (χ1v) is 8.17. The van der Waals surface area contributed by atoms with Crippen molar-refractivity contribution >= 4 is 28.9 Å². The van der Waals surface area contributed by atoms with Crippen LogP contribution >= 0.6 is 11.6 Å². The zero-order valence-electron chi connectivity index (χ0n) is 12.9. The second-order valence-electron chi connectivity index (χ2n) is 5.56. The van der Waals surface area contributed by atoms with Crippen molar-refractivity contribution in [2.45, 2.75) is 0 Å². The largest absolute Gasteiger partial charge is 0.376 e. The lowest BCUT2D eigenvalue weighted by atomic mass is 10.2. The quantitative estimate of drug-likeness (QED) is 0.936. The summed E-state index contributed by atoms with van der Waals surface area (Å²) >= 11 is 5.85. The van der Waals surface area contributed by atoms with Crippen LogP contribution in [0.2, 0.25) is 5.02 Å². The van der Waals surface area contributed by atoms with E-state index in [0.29, 0.717) is 11.6 Å². The van der Waals surface area contributed by atoms with Gasteiger partial charge in [-0.15, -0.1) is 0 Å². The minimum absolute atomic E-state index is 0.132. The third-order valence-corrected chi connectivity index (χ3v) is 4.29. The van der Waals surface area contributed by atoms with Crippen molar-refractivity contribution in [2.24, 2.45) is 0 Å². The second kappa shape index (κ2) is 7.38. The maximum absolute atomic E-state index is 12.3. The molecule has 1 saturated heterocycles. The standard InChI is InChI=1S/C18H20ClN3O/c19-15-6-8-16(9-7-15)20-14-18(23)22-12-10-21(11-13-22)17-4-2-1-3-5-17/h1-9,20H,10-14H2. The number of para-hydroxylation sites is 1. The van der Waals surface area contributed by atoms with E-state index in [0.717, 1.165) is 31.9 Å². The van der Waals surface area contributed by atoms with Crippen molar-refractivity contribution in [3.63, 3.8) is 0 Å². The minimum atomic E-state index is 0.132. The molecule has 5 heteroatoms. The van der Waals surface area contributed by atoms with Gasteiger partial charge < -0.3 is 15.1 Å². The molecule has 3 rings (SSSR count). The number of halogens is 1. The highest BCUT2D eigenvalue weighted by molar-refractivity contribution is 6.30. The number of amides is 1. The van der Waals surface area contributed by atoms with Crippen LogP contribution in [0.25, 0.3) is 0 Å². The molecule has 2 aromatic rings. The number of carbonyl (C=O) groups excluding carboxylic acids is 1. The number of hydrogen-bond acceptors (Lipinski definition) is 3. The van der Waals surface area contributed by atoms with E-state index in [1.54, 1.807) is 0 Å². The summed E-state index contributed by atoms with van der Waals surface area (Å²) in [5.74, 6) is 0.132. The molecule has 0 aliphatic carbocycles. The Morgan fingerprint density at radius 3 is 2.26 bits per heavy atom. The van der Waals surface area contributed by atoms with Gasteiger partial charge in [-0.25, -0.2) is 0 Å². The van der Waals surface area contributed by atoms with Crippen LogP contribution in [0, 0.1) is 0 Å². The van der Waals surface area contributed by atoms with Crippen LogP contribution < -0.4 is 10.2 Å². The van der Waals surface area contributed by atoms with Gasteiger partial charge in [0, 0.05) is 42.6 Å². The fraction of sp³-hybridized carbons (Fsp3) is 0.278. The number of piperazine rings is 1. The molecular weight excluding hydrogens is 310 g/mol. The van der Waals surface area contributed by atoms with Gasteiger partial charge in [0.25, 0.3) is 0 Å². The Labute approximate surface area is 141 Å². The number of nitrogens with zero attached hydrogens (tertiary/aromatic N) is 2. The molecule has 0 unspecified atom stereocenters. The molecule has 0 atom stereocenters. The summed E-state index contributed by atoms with van der Waals surface area (Å²) in [4.78, 5) is 16.5. The lowest BCUT2D eigenvalue weighted by Crippen LogP contribution is -2.50. The smallest absolute Gasteiger partial charge is 0.241 e. The van der Waals surface area contributed by atoms with Crippen molar-refractivity contribution in [3.05, 3.63) is 59.6 Å². The normalized spacial score (nSPS) is 14.7. The van der Waals surface area contributed by atoms with E-state index < -0.39 is 0 Å². The highest BCUT2D eigenvalue weighted by Crippen LogP contribution is 2.16.